The fourth-order valence-electron chi connectivity index (χ4n) is 2.62. The maximum atomic E-state index is 10.7. The van der Waals surface area contributed by atoms with Crippen LogP contribution in [0.15, 0.2) is 46.6 Å². The first-order valence-electron chi connectivity index (χ1n) is 6.92. The van der Waals surface area contributed by atoms with E-state index in [1.54, 1.807) is 22.3 Å². The number of rotatable bonds is 0. The Morgan fingerprint density at radius 2 is 1.00 bits per heavy atom. The fraction of sp³-hybridized carbons (Fsp3) is 0.467. The summed E-state index contributed by atoms with van der Waals surface area (Å²) in [5.74, 6) is 0. The molecule has 4 aliphatic carbocycles. The molecule has 0 spiro atoms. The molecule has 1 radical (unpaired) electrons. The van der Waals surface area contributed by atoms with Gasteiger partial charge < -0.3 is 4.55 Å². The number of hydrogen-bond donors (Lipinski definition) is 0. The molecular weight excluding hydrogens is 420 g/mol. The Labute approximate surface area is 146 Å². The van der Waals surface area contributed by atoms with Crippen LogP contribution in [-0.4, -0.2) is 18.5 Å². The summed E-state index contributed by atoms with van der Waals surface area (Å²) < 4.78 is 58.9. The van der Waals surface area contributed by atoms with Crippen LogP contribution in [0.2, 0.25) is 0 Å². The van der Waals surface area contributed by atoms with Gasteiger partial charge in [0.1, 0.15) is 0 Å². The van der Waals surface area contributed by atoms with Crippen LogP contribution in [-0.2, 0) is 29.6 Å². The molecule has 0 unspecified atom stereocenters. The summed E-state index contributed by atoms with van der Waals surface area (Å²) in [7, 11) is -6.09. The van der Waals surface area contributed by atoms with Crippen molar-refractivity contribution in [2.75, 3.05) is 0 Å². The Morgan fingerprint density at radius 3 is 1.04 bits per heavy atom. The molecule has 0 amide bonds. The van der Waals surface area contributed by atoms with Crippen LogP contribution in [0.1, 0.15) is 38.5 Å². The first-order chi connectivity index (χ1) is 10.1. The van der Waals surface area contributed by atoms with Gasteiger partial charge in [-0.15, -0.1) is 0 Å². The number of allylic oxidation sites excluding steroid dienone is 8. The van der Waals surface area contributed by atoms with E-state index in [9.17, 15) is 13.2 Å². The standard InChI is InChI=1S/2C7H8.CHF3O3S.Rh/c2*1-2-7-4-3-6(1)5-7;2-1(3,4)8(5,6)7;/h2*1-2H,3-5H2;(H,5,6,7);/p-1. The van der Waals surface area contributed by atoms with Gasteiger partial charge in [-0.05, 0) is 38.5 Å². The van der Waals surface area contributed by atoms with E-state index in [0.717, 1.165) is 0 Å². The summed E-state index contributed by atoms with van der Waals surface area (Å²) in [5, 5.41) is 0. The van der Waals surface area contributed by atoms with Crippen molar-refractivity contribution in [2.45, 2.75) is 44.0 Å². The van der Waals surface area contributed by atoms with E-state index in [4.69, 9.17) is 13.0 Å². The first-order valence-corrected chi connectivity index (χ1v) is 8.33. The predicted molar refractivity (Wildman–Crippen MR) is 75.8 cm³/mol. The molecule has 131 valence electrons. The fourth-order valence-corrected chi connectivity index (χ4v) is 2.62. The molecule has 2 fully saturated rings. The second-order valence-corrected chi connectivity index (χ2v) is 6.92. The van der Waals surface area contributed by atoms with Crippen LogP contribution >= 0.6 is 0 Å². The molecule has 3 nitrogen and oxygen atoms in total. The van der Waals surface area contributed by atoms with Crippen LogP contribution < -0.4 is 0 Å². The van der Waals surface area contributed by atoms with Crippen molar-refractivity contribution in [2.24, 2.45) is 0 Å². The van der Waals surface area contributed by atoms with E-state index < -0.39 is 15.6 Å². The Morgan fingerprint density at radius 1 is 0.783 bits per heavy atom. The average molecular weight is 436 g/mol. The smallest absolute Gasteiger partial charge is 0.485 e. The van der Waals surface area contributed by atoms with E-state index in [1.165, 1.54) is 38.5 Å². The van der Waals surface area contributed by atoms with E-state index in [-0.39, 0.29) is 19.5 Å². The second kappa shape index (κ2) is 7.90. The molecular formula is C15H16F3O3RhS-. The second-order valence-electron chi connectivity index (χ2n) is 5.55. The normalized spacial score (nSPS) is 20.2. The van der Waals surface area contributed by atoms with Gasteiger partial charge in [0.15, 0.2) is 10.1 Å². The Kier molecular flexibility index (Phi) is 6.99. The quantitative estimate of drug-likeness (QED) is 0.326. The van der Waals surface area contributed by atoms with Gasteiger partial charge in [-0.1, -0.05) is 46.6 Å². The van der Waals surface area contributed by atoms with Crippen molar-refractivity contribution in [1.29, 1.82) is 0 Å². The zero-order valence-electron chi connectivity index (χ0n) is 12.2. The third-order valence-electron chi connectivity index (χ3n) is 3.84. The SMILES string of the molecule is C1=C2CCC(=C1)C2.C1=C2CCC(=C1)C2.O=S(=O)([O-])C(F)(F)F.[Rh]. The molecule has 0 aromatic carbocycles. The van der Waals surface area contributed by atoms with Crippen molar-refractivity contribution in [3.63, 3.8) is 0 Å². The summed E-state index contributed by atoms with van der Waals surface area (Å²) >= 11 is 0. The van der Waals surface area contributed by atoms with Gasteiger partial charge in [0.2, 0.25) is 0 Å². The molecule has 8 heteroatoms. The van der Waals surface area contributed by atoms with Gasteiger partial charge in [0.05, 0.1) is 0 Å². The monoisotopic (exact) mass is 436 g/mol. The molecule has 0 aromatic heterocycles. The van der Waals surface area contributed by atoms with Crippen LogP contribution in [0.3, 0.4) is 0 Å². The molecule has 0 aliphatic heterocycles. The van der Waals surface area contributed by atoms with Gasteiger partial charge in [0, 0.05) is 19.5 Å². The van der Waals surface area contributed by atoms with Crippen molar-refractivity contribution >= 4 is 10.1 Å². The van der Waals surface area contributed by atoms with Crippen LogP contribution in [0, 0.1) is 0 Å². The Bertz CT molecular complexity index is 597. The summed E-state index contributed by atoms with van der Waals surface area (Å²) in [6.45, 7) is 0. The van der Waals surface area contributed by atoms with Crippen molar-refractivity contribution < 1.29 is 45.6 Å². The third kappa shape index (κ3) is 6.01. The van der Waals surface area contributed by atoms with E-state index in [1.807, 2.05) is 0 Å². The minimum atomic E-state index is -6.09. The van der Waals surface area contributed by atoms with Crippen LogP contribution in [0.5, 0.6) is 0 Å². The van der Waals surface area contributed by atoms with Gasteiger partial charge in [-0.2, -0.15) is 13.2 Å². The molecule has 0 aromatic rings. The molecule has 4 bridgehead atoms. The first kappa shape index (κ1) is 20.3. The van der Waals surface area contributed by atoms with Crippen molar-refractivity contribution in [3.8, 4) is 0 Å². The largest absolute Gasteiger partial charge is 0.741 e. The van der Waals surface area contributed by atoms with Gasteiger partial charge >= 0.3 is 5.51 Å². The van der Waals surface area contributed by atoms with Gasteiger partial charge in [0.25, 0.3) is 0 Å². The molecule has 0 saturated heterocycles. The molecule has 0 N–H and O–H groups in total. The Hall–Kier alpha value is -0.717. The van der Waals surface area contributed by atoms with E-state index >= 15 is 0 Å². The van der Waals surface area contributed by atoms with E-state index in [2.05, 4.69) is 24.3 Å². The van der Waals surface area contributed by atoms with Gasteiger partial charge in [-0.3, -0.25) is 0 Å². The molecule has 23 heavy (non-hydrogen) atoms. The number of alkyl halides is 3. The zero-order chi connectivity index (χ0) is 16.4. The van der Waals surface area contributed by atoms with Crippen molar-refractivity contribution in [3.05, 3.63) is 46.6 Å². The maximum Gasteiger partial charge on any atom is 0.485 e. The number of fused-ring (bicyclic) bond motifs is 4. The molecule has 2 saturated carbocycles. The van der Waals surface area contributed by atoms with Crippen LogP contribution in [0.4, 0.5) is 13.2 Å². The summed E-state index contributed by atoms with van der Waals surface area (Å²) in [5.41, 5.74) is 0.947. The average Bonchev–Trinajstić information content (AvgIpc) is 3.20. The summed E-state index contributed by atoms with van der Waals surface area (Å²) in [6.07, 6.45) is 17.1. The minimum Gasteiger partial charge on any atom is -0.741 e. The molecule has 0 heterocycles. The molecule has 0 atom stereocenters. The molecule has 4 aliphatic rings. The predicted octanol–water partition coefficient (Wildman–Crippen LogP) is 4.12. The summed E-state index contributed by atoms with van der Waals surface area (Å²) in [4.78, 5) is 0. The topological polar surface area (TPSA) is 57.2 Å². The minimum absolute atomic E-state index is 0. The van der Waals surface area contributed by atoms with Gasteiger partial charge in [-0.25, -0.2) is 8.42 Å². The van der Waals surface area contributed by atoms with Crippen LogP contribution in [0.25, 0.3) is 0 Å². The van der Waals surface area contributed by atoms with E-state index in [0.29, 0.717) is 0 Å². The number of hydrogen-bond acceptors (Lipinski definition) is 3. The Balaban J connectivity index is 0.000000169. The zero-order valence-corrected chi connectivity index (χ0v) is 14.6. The maximum absolute atomic E-state index is 10.7. The summed E-state index contributed by atoms with van der Waals surface area (Å²) in [6, 6.07) is 0. The number of halogens is 3. The van der Waals surface area contributed by atoms with Crippen molar-refractivity contribution in [1.82, 2.24) is 0 Å². The third-order valence-corrected chi connectivity index (χ3v) is 4.40. The molecule has 4 rings (SSSR count).